The maximum Gasteiger partial charge on any atom is 0.134 e. The summed E-state index contributed by atoms with van der Waals surface area (Å²) in [6.45, 7) is 5.23. The SMILES string of the molecule is CCCNc1ncnc(NC2CC(OC)C2)c1CC. The molecule has 0 aromatic carbocycles. The second-order valence-corrected chi connectivity index (χ2v) is 5.00. The lowest BCUT2D eigenvalue weighted by Crippen LogP contribution is -2.40. The van der Waals surface area contributed by atoms with Crippen molar-refractivity contribution in [2.75, 3.05) is 24.3 Å². The van der Waals surface area contributed by atoms with Gasteiger partial charge < -0.3 is 15.4 Å². The molecule has 1 fully saturated rings. The molecule has 1 aliphatic rings. The molecule has 0 amide bonds. The van der Waals surface area contributed by atoms with Gasteiger partial charge in [0.15, 0.2) is 0 Å². The van der Waals surface area contributed by atoms with Crippen LogP contribution in [0.15, 0.2) is 6.33 Å². The molecule has 2 N–H and O–H groups in total. The fourth-order valence-electron chi connectivity index (χ4n) is 2.34. The Balaban J connectivity index is 2.03. The lowest BCUT2D eigenvalue weighted by Gasteiger charge is -2.35. The molecule has 0 radical (unpaired) electrons. The topological polar surface area (TPSA) is 59.1 Å². The van der Waals surface area contributed by atoms with E-state index in [-0.39, 0.29) is 0 Å². The molecular formula is C14H24N4O. The molecular weight excluding hydrogens is 240 g/mol. The average Bonchev–Trinajstić information content (AvgIpc) is 2.39. The van der Waals surface area contributed by atoms with Crippen molar-refractivity contribution in [1.29, 1.82) is 0 Å². The maximum absolute atomic E-state index is 5.30. The van der Waals surface area contributed by atoms with Gasteiger partial charge in [0.05, 0.1) is 6.10 Å². The first kappa shape index (κ1) is 14.1. The molecule has 2 rings (SSSR count). The zero-order chi connectivity index (χ0) is 13.7. The second kappa shape index (κ2) is 6.70. The number of rotatable bonds is 7. The first-order valence-electron chi connectivity index (χ1n) is 7.15. The Morgan fingerprint density at radius 3 is 2.63 bits per heavy atom. The van der Waals surface area contributed by atoms with Crippen molar-refractivity contribution in [2.45, 2.75) is 51.7 Å². The van der Waals surface area contributed by atoms with Crippen LogP contribution in [0.5, 0.6) is 0 Å². The molecule has 0 aliphatic heterocycles. The Kier molecular flexibility index (Phi) is 4.96. The summed E-state index contributed by atoms with van der Waals surface area (Å²) in [5.41, 5.74) is 1.18. The van der Waals surface area contributed by atoms with Crippen molar-refractivity contribution in [3.63, 3.8) is 0 Å². The molecule has 106 valence electrons. The zero-order valence-corrected chi connectivity index (χ0v) is 12.1. The van der Waals surface area contributed by atoms with Crippen molar-refractivity contribution >= 4 is 11.6 Å². The molecule has 0 saturated heterocycles. The van der Waals surface area contributed by atoms with Crippen LogP contribution < -0.4 is 10.6 Å². The van der Waals surface area contributed by atoms with Crippen LogP contribution in [0.2, 0.25) is 0 Å². The molecule has 19 heavy (non-hydrogen) atoms. The van der Waals surface area contributed by atoms with Gasteiger partial charge in [0.25, 0.3) is 0 Å². The first-order chi connectivity index (χ1) is 9.28. The summed E-state index contributed by atoms with van der Waals surface area (Å²) >= 11 is 0. The first-order valence-corrected chi connectivity index (χ1v) is 7.15. The van der Waals surface area contributed by atoms with Gasteiger partial charge in [0.1, 0.15) is 18.0 Å². The largest absolute Gasteiger partial charge is 0.381 e. The fraction of sp³-hybridized carbons (Fsp3) is 0.714. The summed E-state index contributed by atoms with van der Waals surface area (Å²) in [7, 11) is 1.77. The Morgan fingerprint density at radius 1 is 1.26 bits per heavy atom. The van der Waals surface area contributed by atoms with E-state index in [1.165, 1.54) is 5.56 Å². The standard InChI is InChI=1S/C14H24N4O/c1-4-6-15-13-12(5-2)14(17-9-16-13)18-10-7-11(8-10)19-3/h9-11H,4-8H2,1-3H3,(H2,15,16,17,18). The number of hydrogen-bond acceptors (Lipinski definition) is 5. The number of ether oxygens (including phenoxy) is 1. The highest BCUT2D eigenvalue weighted by atomic mass is 16.5. The Bertz CT molecular complexity index is 404. The third-order valence-corrected chi connectivity index (χ3v) is 3.61. The van der Waals surface area contributed by atoms with Crippen molar-refractivity contribution in [1.82, 2.24) is 9.97 Å². The number of aromatic nitrogens is 2. The highest BCUT2D eigenvalue weighted by Gasteiger charge is 2.29. The van der Waals surface area contributed by atoms with E-state index in [1.807, 2.05) is 0 Å². The van der Waals surface area contributed by atoms with E-state index in [0.717, 1.165) is 43.9 Å². The number of nitrogens with zero attached hydrogens (tertiary/aromatic N) is 2. The minimum atomic E-state index is 0.405. The number of nitrogens with one attached hydrogen (secondary N) is 2. The third kappa shape index (κ3) is 3.35. The molecule has 0 bridgehead atoms. The second-order valence-electron chi connectivity index (χ2n) is 5.00. The van der Waals surface area contributed by atoms with Crippen LogP contribution in [-0.4, -0.2) is 35.8 Å². The van der Waals surface area contributed by atoms with Crippen LogP contribution in [-0.2, 0) is 11.2 Å². The van der Waals surface area contributed by atoms with E-state index in [4.69, 9.17) is 4.74 Å². The van der Waals surface area contributed by atoms with Gasteiger partial charge in [-0.3, -0.25) is 0 Å². The highest BCUT2D eigenvalue weighted by molar-refractivity contribution is 5.57. The summed E-state index contributed by atoms with van der Waals surface area (Å²) < 4.78 is 5.30. The molecule has 1 aromatic rings. The predicted octanol–water partition coefficient (Wildman–Crippen LogP) is 2.45. The van der Waals surface area contributed by atoms with E-state index >= 15 is 0 Å². The van der Waals surface area contributed by atoms with E-state index in [2.05, 4.69) is 34.4 Å². The zero-order valence-electron chi connectivity index (χ0n) is 12.1. The van der Waals surface area contributed by atoms with Crippen LogP contribution in [0, 0.1) is 0 Å². The van der Waals surface area contributed by atoms with E-state index < -0.39 is 0 Å². The molecule has 0 atom stereocenters. The quantitative estimate of drug-likeness (QED) is 0.792. The minimum absolute atomic E-state index is 0.405. The summed E-state index contributed by atoms with van der Waals surface area (Å²) in [5, 5.41) is 6.88. The smallest absolute Gasteiger partial charge is 0.134 e. The van der Waals surface area contributed by atoms with Crippen molar-refractivity contribution in [2.24, 2.45) is 0 Å². The molecule has 0 spiro atoms. The van der Waals surface area contributed by atoms with Crippen LogP contribution >= 0.6 is 0 Å². The van der Waals surface area contributed by atoms with Crippen LogP contribution in [0.4, 0.5) is 11.6 Å². The summed E-state index contributed by atoms with van der Waals surface area (Å²) in [5.74, 6) is 1.93. The van der Waals surface area contributed by atoms with Gasteiger partial charge in [-0.15, -0.1) is 0 Å². The normalized spacial score (nSPS) is 21.8. The van der Waals surface area contributed by atoms with E-state index in [1.54, 1.807) is 13.4 Å². The van der Waals surface area contributed by atoms with Crippen molar-refractivity contribution in [3.8, 4) is 0 Å². The number of methoxy groups -OCH3 is 1. The van der Waals surface area contributed by atoms with Gasteiger partial charge in [-0.2, -0.15) is 0 Å². The predicted molar refractivity (Wildman–Crippen MR) is 77.6 cm³/mol. The Labute approximate surface area is 115 Å². The van der Waals surface area contributed by atoms with Crippen LogP contribution in [0.3, 0.4) is 0 Å². The Morgan fingerprint density at radius 2 is 2.00 bits per heavy atom. The van der Waals surface area contributed by atoms with Crippen molar-refractivity contribution < 1.29 is 4.74 Å². The fourth-order valence-corrected chi connectivity index (χ4v) is 2.34. The summed E-state index contributed by atoms with van der Waals surface area (Å²) in [4.78, 5) is 8.73. The van der Waals surface area contributed by atoms with Gasteiger partial charge >= 0.3 is 0 Å². The Hall–Kier alpha value is -1.36. The summed E-state index contributed by atoms with van der Waals surface area (Å²) in [6, 6.07) is 0.476. The van der Waals surface area contributed by atoms with Gasteiger partial charge in [0.2, 0.25) is 0 Å². The monoisotopic (exact) mass is 264 g/mol. The van der Waals surface area contributed by atoms with Gasteiger partial charge in [-0.05, 0) is 25.7 Å². The lowest BCUT2D eigenvalue weighted by atomic mass is 9.89. The molecule has 0 unspecified atom stereocenters. The maximum atomic E-state index is 5.30. The highest BCUT2D eigenvalue weighted by Crippen LogP contribution is 2.28. The van der Waals surface area contributed by atoms with Crippen LogP contribution in [0.1, 0.15) is 38.7 Å². The average molecular weight is 264 g/mol. The minimum Gasteiger partial charge on any atom is -0.381 e. The number of hydrogen-bond donors (Lipinski definition) is 2. The molecule has 5 nitrogen and oxygen atoms in total. The molecule has 1 aliphatic carbocycles. The van der Waals surface area contributed by atoms with Gasteiger partial charge in [-0.25, -0.2) is 9.97 Å². The molecule has 1 heterocycles. The molecule has 1 aromatic heterocycles. The van der Waals surface area contributed by atoms with E-state index in [0.29, 0.717) is 12.1 Å². The molecule has 5 heteroatoms. The van der Waals surface area contributed by atoms with Gasteiger partial charge in [-0.1, -0.05) is 13.8 Å². The third-order valence-electron chi connectivity index (χ3n) is 3.61. The lowest BCUT2D eigenvalue weighted by molar-refractivity contribution is 0.0327. The van der Waals surface area contributed by atoms with E-state index in [9.17, 15) is 0 Å². The van der Waals surface area contributed by atoms with Gasteiger partial charge in [0, 0.05) is 25.3 Å². The van der Waals surface area contributed by atoms with Crippen molar-refractivity contribution in [3.05, 3.63) is 11.9 Å². The number of anilines is 2. The molecule has 1 saturated carbocycles. The summed E-state index contributed by atoms with van der Waals surface area (Å²) in [6.07, 6.45) is 6.17. The van der Waals surface area contributed by atoms with Crippen LogP contribution in [0.25, 0.3) is 0 Å².